The van der Waals surface area contributed by atoms with Gasteiger partial charge in [0.05, 0.1) is 16.6 Å². The van der Waals surface area contributed by atoms with Crippen LogP contribution in [0.5, 0.6) is 0 Å². The van der Waals surface area contributed by atoms with Crippen LogP contribution in [0, 0.1) is 0 Å². The molecule has 0 amide bonds. The fourth-order valence-corrected chi connectivity index (χ4v) is 7.54. The lowest BCUT2D eigenvalue weighted by Crippen LogP contribution is -1.98. The second-order valence-corrected chi connectivity index (χ2v) is 11.8. The van der Waals surface area contributed by atoms with Crippen molar-refractivity contribution in [3.8, 4) is 22.5 Å². The molecule has 204 valence electrons. The summed E-state index contributed by atoms with van der Waals surface area (Å²) in [7, 11) is 0. The molecule has 0 aliphatic heterocycles. The predicted molar refractivity (Wildman–Crippen MR) is 187 cm³/mol. The molecule has 2 nitrogen and oxygen atoms in total. The summed E-state index contributed by atoms with van der Waals surface area (Å²) in [5, 5.41) is 11.6. The monoisotopic (exact) mass is 558 g/mol. The zero-order valence-corrected chi connectivity index (χ0v) is 23.9. The molecular formula is C42H26N2. The van der Waals surface area contributed by atoms with Gasteiger partial charge in [0.15, 0.2) is 0 Å². The summed E-state index contributed by atoms with van der Waals surface area (Å²) < 4.78 is 4.80. The standard InChI is InChI=1S/C42H26N2/c1-2-11-32(12-3-1)44-38-15-5-4-14-35(38)37-23-20-30-24-25-43(41(30)42(37)44)33-13-7-10-31(26-33)34-21-18-29-17-16-27-8-6-9-28-19-22-36(34)40(29)39(27)28/h1-26H. The van der Waals surface area contributed by atoms with Crippen molar-refractivity contribution >= 4 is 65.0 Å². The molecule has 10 rings (SSSR count). The number of para-hydroxylation sites is 2. The Labute approximate surface area is 254 Å². The second kappa shape index (κ2) is 8.82. The van der Waals surface area contributed by atoms with Crippen molar-refractivity contribution in [2.45, 2.75) is 0 Å². The molecule has 0 bridgehead atoms. The molecule has 0 spiro atoms. The summed E-state index contributed by atoms with van der Waals surface area (Å²) >= 11 is 0. The van der Waals surface area contributed by atoms with Crippen LogP contribution in [0.4, 0.5) is 0 Å². The number of aromatic nitrogens is 2. The van der Waals surface area contributed by atoms with E-state index in [1.54, 1.807) is 0 Å². The van der Waals surface area contributed by atoms with Crippen LogP contribution < -0.4 is 0 Å². The van der Waals surface area contributed by atoms with E-state index >= 15 is 0 Å². The normalized spacial score (nSPS) is 12.1. The van der Waals surface area contributed by atoms with Gasteiger partial charge in [-0.1, -0.05) is 115 Å². The van der Waals surface area contributed by atoms with Gasteiger partial charge in [0, 0.05) is 33.7 Å². The minimum Gasteiger partial charge on any atom is -0.315 e. The van der Waals surface area contributed by atoms with E-state index in [0.29, 0.717) is 0 Å². The molecule has 0 saturated heterocycles. The van der Waals surface area contributed by atoms with Crippen molar-refractivity contribution in [3.05, 3.63) is 158 Å². The number of benzene rings is 8. The van der Waals surface area contributed by atoms with Gasteiger partial charge in [-0.3, -0.25) is 0 Å². The summed E-state index contributed by atoms with van der Waals surface area (Å²) in [6.45, 7) is 0. The third kappa shape index (κ3) is 3.20. The van der Waals surface area contributed by atoms with Crippen LogP contribution in [-0.2, 0) is 0 Å². The lowest BCUT2D eigenvalue weighted by molar-refractivity contribution is 1.12. The molecular weight excluding hydrogens is 532 g/mol. The van der Waals surface area contributed by atoms with Crippen LogP contribution in [0.2, 0.25) is 0 Å². The van der Waals surface area contributed by atoms with Crippen LogP contribution in [-0.4, -0.2) is 9.13 Å². The van der Waals surface area contributed by atoms with E-state index in [9.17, 15) is 0 Å². The van der Waals surface area contributed by atoms with E-state index in [0.717, 1.165) is 5.69 Å². The summed E-state index contributed by atoms with van der Waals surface area (Å²) in [6.07, 6.45) is 2.22. The highest BCUT2D eigenvalue weighted by Gasteiger charge is 2.18. The van der Waals surface area contributed by atoms with Gasteiger partial charge in [0.25, 0.3) is 0 Å². The van der Waals surface area contributed by atoms with Crippen LogP contribution in [0.3, 0.4) is 0 Å². The summed E-state index contributed by atoms with van der Waals surface area (Å²) in [5.41, 5.74) is 8.47. The summed E-state index contributed by atoms with van der Waals surface area (Å²) in [6, 6.07) is 55.5. The highest BCUT2D eigenvalue weighted by atomic mass is 15.0. The summed E-state index contributed by atoms with van der Waals surface area (Å²) in [4.78, 5) is 0. The Morgan fingerprint density at radius 1 is 0.386 bits per heavy atom. The first-order valence-electron chi connectivity index (χ1n) is 15.2. The van der Waals surface area contributed by atoms with Crippen molar-refractivity contribution in [3.63, 3.8) is 0 Å². The number of nitrogens with zero attached hydrogens (tertiary/aromatic N) is 2. The second-order valence-electron chi connectivity index (χ2n) is 11.8. The lowest BCUT2D eigenvalue weighted by Gasteiger charge is -2.15. The highest BCUT2D eigenvalue weighted by molar-refractivity contribution is 6.25. The van der Waals surface area contributed by atoms with Gasteiger partial charge >= 0.3 is 0 Å². The molecule has 0 N–H and O–H groups in total. The first-order valence-corrected chi connectivity index (χ1v) is 15.2. The van der Waals surface area contributed by atoms with Crippen molar-refractivity contribution in [2.75, 3.05) is 0 Å². The van der Waals surface area contributed by atoms with E-state index in [1.807, 2.05) is 0 Å². The highest BCUT2D eigenvalue weighted by Crippen LogP contribution is 2.41. The van der Waals surface area contributed by atoms with E-state index in [-0.39, 0.29) is 0 Å². The minimum absolute atomic E-state index is 1.15. The van der Waals surface area contributed by atoms with Crippen LogP contribution in [0.1, 0.15) is 0 Å². The Morgan fingerprint density at radius 3 is 1.95 bits per heavy atom. The lowest BCUT2D eigenvalue weighted by atomic mass is 9.90. The molecule has 8 aromatic carbocycles. The van der Waals surface area contributed by atoms with Gasteiger partial charge in [0.2, 0.25) is 0 Å². The molecule has 44 heavy (non-hydrogen) atoms. The Hall–Kier alpha value is -5.86. The van der Waals surface area contributed by atoms with Crippen LogP contribution in [0.25, 0.3) is 87.5 Å². The largest absolute Gasteiger partial charge is 0.315 e. The third-order valence-electron chi connectivity index (χ3n) is 9.46. The van der Waals surface area contributed by atoms with E-state index in [1.165, 1.54) is 81.8 Å². The van der Waals surface area contributed by atoms with Gasteiger partial charge < -0.3 is 9.13 Å². The first kappa shape index (κ1) is 23.7. The van der Waals surface area contributed by atoms with E-state index in [2.05, 4.69) is 167 Å². The van der Waals surface area contributed by atoms with Gasteiger partial charge in [-0.25, -0.2) is 0 Å². The number of fused-ring (bicyclic) bond motifs is 5. The van der Waals surface area contributed by atoms with Gasteiger partial charge in [-0.15, -0.1) is 0 Å². The molecule has 0 unspecified atom stereocenters. The molecule has 2 heteroatoms. The molecule has 0 atom stereocenters. The molecule has 0 aliphatic rings. The van der Waals surface area contributed by atoms with Gasteiger partial charge in [-0.2, -0.15) is 0 Å². The fraction of sp³-hybridized carbons (Fsp3) is 0. The maximum atomic E-state index is 2.42. The van der Waals surface area contributed by atoms with E-state index in [4.69, 9.17) is 0 Å². The zero-order chi connectivity index (χ0) is 28.8. The van der Waals surface area contributed by atoms with Crippen LogP contribution in [0.15, 0.2) is 158 Å². The number of hydrogen-bond donors (Lipinski definition) is 0. The molecule has 0 radical (unpaired) electrons. The number of hydrogen-bond acceptors (Lipinski definition) is 0. The Morgan fingerprint density at radius 2 is 1.07 bits per heavy atom. The zero-order valence-electron chi connectivity index (χ0n) is 23.9. The van der Waals surface area contributed by atoms with Gasteiger partial charge in [0.1, 0.15) is 0 Å². The van der Waals surface area contributed by atoms with Gasteiger partial charge in [-0.05, 0) is 79.8 Å². The van der Waals surface area contributed by atoms with E-state index < -0.39 is 0 Å². The van der Waals surface area contributed by atoms with Crippen molar-refractivity contribution < 1.29 is 0 Å². The molecule has 0 aliphatic carbocycles. The Balaban J connectivity index is 1.24. The van der Waals surface area contributed by atoms with Crippen molar-refractivity contribution in [1.29, 1.82) is 0 Å². The SMILES string of the molecule is c1ccc(-n2c3ccccc3c3ccc4ccn(-c5cccc(-c6ccc7ccc8cccc9ccc6c7c89)c5)c4c32)cc1. The summed E-state index contributed by atoms with van der Waals surface area (Å²) in [5.74, 6) is 0. The van der Waals surface area contributed by atoms with Crippen molar-refractivity contribution in [1.82, 2.24) is 9.13 Å². The topological polar surface area (TPSA) is 9.86 Å². The third-order valence-corrected chi connectivity index (χ3v) is 9.46. The molecule has 0 saturated carbocycles. The average Bonchev–Trinajstić information content (AvgIpc) is 3.67. The maximum absolute atomic E-state index is 2.42. The first-order chi connectivity index (χ1) is 21.8. The van der Waals surface area contributed by atoms with Crippen LogP contribution >= 0.6 is 0 Å². The Bertz CT molecular complexity index is 2690. The Kier molecular flexibility index (Phi) is 4.75. The molecule has 2 aromatic heterocycles. The quantitative estimate of drug-likeness (QED) is 0.191. The van der Waals surface area contributed by atoms with Crippen molar-refractivity contribution in [2.24, 2.45) is 0 Å². The predicted octanol–water partition coefficient (Wildman–Crippen LogP) is 11.3. The molecule has 0 fully saturated rings. The smallest absolute Gasteiger partial charge is 0.0788 e. The average molecular weight is 559 g/mol. The molecule has 2 heterocycles. The minimum atomic E-state index is 1.15. The maximum Gasteiger partial charge on any atom is 0.0788 e. The fourth-order valence-electron chi connectivity index (χ4n) is 7.54. The molecule has 10 aromatic rings. The number of rotatable bonds is 3.